The van der Waals surface area contributed by atoms with E-state index >= 15 is 0 Å². The fourth-order valence-electron chi connectivity index (χ4n) is 3.75. The molecule has 0 saturated heterocycles. The van der Waals surface area contributed by atoms with Crippen molar-refractivity contribution in [1.82, 2.24) is 10.9 Å². The SMILES string of the molecule is NC(=S)N/N=C/c1cc2ccccc2c(-c2c(O)c(/C=N/NC(N)=S)cc3ccccc23)c1O. The molecule has 0 bridgehead atoms. The molecule has 4 rings (SSSR count). The summed E-state index contributed by atoms with van der Waals surface area (Å²) in [4.78, 5) is 0. The first-order valence-corrected chi connectivity index (χ1v) is 10.8. The van der Waals surface area contributed by atoms with Crippen LogP contribution in [0.5, 0.6) is 11.5 Å². The smallest absolute Gasteiger partial charge is 0.184 e. The Kier molecular flexibility index (Phi) is 6.53. The van der Waals surface area contributed by atoms with Crippen LogP contribution in [-0.4, -0.2) is 32.9 Å². The summed E-state index contributed by atoms with van der Waals surface area (Å²) < 4.78 is 0. The highest BCUT2D eigenvalue weighted by Gasteiger charge is 2.21. The average molecular weight is 489 g/mol. The summed E-state index contributed by atoms with van der Waals surface area (Å²) in [5.41, 5.74) is 17.6. The number of phenolic OH excluding ortho intramolecular Hbond substituents is 2. The molecule has 8 N–H and O–H groups in total. The van der Waals surface area contributed by atoms with Crippen LogP contribution in [0.15, 0.2) is 70.9 Å². The number of nitrogens with two attached hydrogens (primary N) is 2. The van der Waals surface area contributed by atoms with Crippen molar-refractivity contribution in [2.24, 2.45) is 21.7 Å². The van der Waals surface area contributed by atoms with Gasteiger partial charge in [0, 0.05) is 22.3 Å². The van der Waals surface area contributed by atoms with Crippen molar-refractivity contribution in [2.75, 3.05) is 0 Å². The average Bonchev–Trinajstić information content (AvgIpc) is 2.80. The largest absolute Gasteiger partial charge is 0.507 e. The van der Waals surface area contributed by atoms with Gasteiger partial charge in [0.05, 0.1) is 12.4 Å². The lowest BCUT2D eigenvalue weighted by molar-refractivity contribution is 0.469. The van der Waals surface area contributed by atoms with E-state index in [0.29, 0.717) is 22.3 Å². The Balaban J connectivity index is 2.05. The molecule has 34 heavy (non-hydrogen) atoms. The van der Waals surface area contributed by atoms with E-state index < -0.39 is 0 Å². The van der Waals surface area contributed by atoms with Crippen LogP contribution in [0.2, 0.25) is 0 Å². The monoisotopic (exact) mass is 488 g/mol. The summed E-state index contributed by atoms with van der Waals surface area (Å²) in [6, 6.07) is 18.7. The van der Waals surface area contributed by atoms with Crippen molar-refractivity contribution in [3.63, 3.8) is 0 Å². The predicted octanol–water partition coefficient (Wildman–Crippen LogP) is 3.41. The van der Waals surface area contributed by atoms with E-state index in [9.17, 15) is 10.2 Å². The minimum atomic E-state index is -0.0667. The molecule has 10 heteroatoms. The molecule has 4 aromatic rings. The van der Waals surface area contributed by atoms with Crippen molar-refractivity contribution in [1.29, 1.82) is 0 Å². The number of thiocarbonyl (C=S) groups is 2. The van der Waals surface area contributed by atoms with Gasteiger partial charge in [0.2, 0.25) is 0 Å². The number of rotatable bonds is 5. The van der Waals surface area contributed by atoms with E-state index in [1.807, 2.05) is 48.5 Å². The van der Waals surface area contributed by atoms with Crippen LogP contribution in [0.1, 0.15) is 11.1 Å². The lowest BCUT2D eigenvalue weighted by Crippen LogP contribution is -2.24. The maximum Gasteiger partial charge on any atom is 0.184 e. The standard InChI is InChI=1S/C24H20N6O2S2/c25-23(33)29-27-11-15-9-13-5-1-3-7-17(13)19(21(15)31)20-18-8-4-2-6-14(18)10-16(22(20)32)12-28-30-24(26)34/h1-12,31-32H,(H3,25,29,33)(H3,26,30,34)/b27-11+,28-12+. The van der Waals surface area contributed by atoms with E-state index in [4.69, 9.17) is 35.9 Å². The van der Waals surface area contributed by atoms with Gasteiger partial charge in [0.25, 0.3) is 0 Å². The highest BCUT2D eigenvalue weighted by Crippen LogP contribution is 2.46. The lowest BCUT2D eigenvalue weighted by Gasteiger charge is -2.17. The molecule has 0 spiro atoms. The number of hydrogen-bond donors (Lipinski definition) is 6. The molecule has 4 aromatic carbocycles. The van der Waals surface area contributed by atoms with E-state index in [-0.39, 0.29) is 21.7 Å². The van der Waals surface area contributed by atoms with Gasteiger partial charge in [-0.05, 0) is 58.1 Å². The van der Waals surface area contributed by atoms with E-state index in [1.165, 1.54) is 12.4 Å². The van der Waals surface area contributed by atoms with Gasteiger partial charge in [0.1, 0.15) is 11.5 Å². The minimum Gasteiger partial charge on any atom is -0.507 e. The summed E-state index contributed by atoms with van der Waals surface area (Å²) in [6.07, 6.45) is 2.84. The molecule has 0 aliphatic carbocycles. The lowest BCUT2D eigenvalue weighted by atomic mass is 9.89. The third-order valence-corrected chi connectivity index (χ3v) is 5.29. The van der Waals surface area contributed by atoms with Gasteiger partial charge in [-0.25, -0.2) is 0 Å². The van der Waals surface area contributed by atoms with Gasteiger partial charge in [-0.3, -0.25) is 10.9 Å². The Morgan fingerprint density at radius 1 is 0.706 bits per heavy atom. The third-order valence-electron chi connectivity index (χ3n) is 5.11. The minimum absolute atomic E-state index is 0.00190. The molecule has 0 saturated carbocycles. The van der Waals surface area contributed by atoms with Crippen LogP contribution in [0, 0.1) is 0 Å². The fraction of sp³-hybridized carbons (Fsp3) is 0. The number of fused-ring (bicyclic) bond motifs is 2. The molecule has 0 unspecified atom stereocenters. The van der Waals surface area contributed by atoms with Crippen molar-refractivity contribution in [2.45, 2.75) is 0 Å². The zero-order chi connectivity index (χ0) is 24.2. The van der Waals surface area contributed by atoms with E-state index in [2.05, 4.69) is 21.1 Å². The van der Waals surface area contributed by atoms with E-state index in [0.717, 1.165) is 21.5 Å². The van der Waals surface area contributed by atoms with Gasteiger partial charge in [0.15, 0.2) is 10.2 Å². The Morgan fingerprint density at radius 2 is 1.09 bits per heavy atom. The first kappa shape index (κ1) is 22.9. The second kappa shape index (κ2) is 9.69. The topological polar surface area (TPSA) is 141 Å². The normalized spacial score (nSPS) is 11.4. The second-order valence-electron chi connectivity index (χ2n) is 7.29. The second-order valence-corrected chi connectivity index (χ2v) is 8.17. The summed E-state index contributed by atoms with van der Waals surface area (Å²) in [7, 11) is 0. The maximum absolute atomic E-state index is 11.4. The number of hydrazone groups is 2. The summed E-state index contributed by atoms with van der Waals surface area (Å²) in [5, 5.41) is 33.8. The van der Waals surface area contributed by atoms with Crippen LogP contribution in [0.4, 0.5) is 0 Å². The zero-order valence-electron chi connectivity index (χ0n) is 17.7. The molecular formula is C24H20N6O2S2. The van der Waals surface area contributed by atoms with Crippen molar-refractivity contribution < 1.29 is 10.2 Å². The summed E-state index contributed by atoms with van der Waals surface area (Å²) >= 11 is 9.56. The number of hydrogen-bond acceptors (Lipinski definition) is 6. The van der Waals surface area contributed by atoms with Crippen LogP contribution in [0.3, 0.4) is 0 Å². The molecule has 0 aromatic heterocycles. The number of benzene rings is 4. The number of phenols is 2. The van der Waals surface area contributed by atoms with E-state index in [1.54, 1.807) is 12.1 Å². The van der Waals surface area contributed by atoms with Gasteiger partial charge in [-0.15, -0.1) is 0 Å². The van der Waals surface area contributed by atoms with Gasteiger partial charge < -0.3 is 21.7 Å². The van der Waals surface area contributed by atoms with Crippen molar-refractivity contribution in [3.05, 3.63) is 71.8 Å². The predicted molar refractivity (Wildman–Crippen MR) is 145 cm³/mol. The zero-order valence-corrected chi connectivity index (χ0v) is 19.3. The van der Waals surface area contributed by atoms with Crippen LogP contribution < -0.4 is 22.3 Å². The molecule has 0 aliphatic rings. The molecule has 0 atom stereocenters. The molecule has 0 aliphatic heterocycles. The molecule has 0 radical (unpaired) electrons. The molecular weight excluding hydrogens is 468 g/mol. The Labute approximate surface area is 205 Å². The molecule has 0 fully saturated rings. The maximum atomic E-state index is 11.4. The molecule has 8 nitrogen and oxygen atoms in total. The molecule has 0 amide bonds. The van der Waals surface area contributed by atoms with Gasteiger partial charge >= 0.3 is 0 Å². The highest BCUT2D eigenvalue weighted by atomic mass is 32.1. The Bertz CT molecular complexity index is 1390. The number of nitrogens with zero attached hydrogens (tertiary/aromatic N) is 2. The molecule has 170 valence electrons. The van der Waals surface area contributed by atoms with Crippen LogP contribution >= 0.6 is 24.4 Å². The summed E-state index contributed by atoms with van der Waals surface area (Å²) in [5.74, 6) is -0.133. The fourth-order valence-corrected chi connectivity index (χ4v) is 3.86. The summed E-state index contributed by atoms with van der Waals surface area (Å²) in [6.45, 7) is 0. The van der Waals surface area contributed by atoms with Gasteiger partial charge in [-0.1, -0.05) is 48.5 Å². The first-order chi connectivity index (χ1) is 16.4. The molecule has 0 heterocycles. The Morgan fingerprint density at radius 3 is 1.47 bits per heavy atom. The number of nitrogens with one attached hydrogen (secondary N) is 2. The quantitative estimate of drug-likeness (QED) is 0.143. The number of aromatic hydroxyl groups is 2. The Hall–Kier alpha value is -4.28. The van der Waals surface area contributed by atoms with Gasteiger partial charge in [-0.2, -0.15) is 10.2 Å². The third kappa shape index (κ3) is 4.58. The van der Waals surface area contributed by atoms with Crippen LogP contribution in [-0.2, 0) is 0 Å². The van der Waals surface area contributed by atoms with Crippen molar-refractivity contribution in [3.8, 4) is 22.6 Å². The highest BCUT2D eigenvalue weighted by molar-refractivity contribution is 7.80. The van der Waals surface area contributed by atoms with Crippen LogP contribution in [0.25, 0.3) is 32.7 Å². The van der Waals surface area contributed by atoms with Crippen molar-refractivity contribution >= 4 is 68.6 Å². The first-order valence-electron chi connectivity index (χ1n) is 10.0.